The molecule has 0 aliphatic carbocycles. The lowest BCUT2D eigenvalue weighted by Crippen LogP contribution is -2.18. The summed E-state index contributed by atoms with van der Waals surface area (Å²) in [5, 5.41) is 7.63. The van der Waals surface area contributed by atoms with Crippen molar-refractivity contribution >= 4 is 44.6 Å². The maximum absolute atomic E-state index is 11.9. The van der Waals surface area contributed by atoms with Crippen LogP contribution in [0.4, 0.5) is 10.5 Å². The van der Waals surface area contributed by atoms with Gasteiger partial charge in [-0.3, -0.25) is 4.79 Å². The van der Waals surface area contributed by atoms with Gasteiger partial charge in [0.15, 0.2) is 0 Å². The van der Waals surface area contributed by atoms with E-state index in [1.165, 1.54) is 12.1 Å². The number of thioether (sulfide) groups is 1. The molecular weight excluding hydrogens is 450 g/mol. The summed E-state index contributed by atoms with van der Waals surface area (Å²) in [6, 6.07) is 16.8. The molecule has 0 saturated carbocycles. The number of ether oxygens (including phenoxy) is 1. The number of nitrogens with two attached hydrogens (primary N) is 1. The molecule has 1 amide bonds. The van der Waals surface area contributed by atoms with Crippen LogP contribution in [0.25, 0.3) is 17.4 Å². The number of benzene rings is 2. The standard InChI is InChI=1S/C22H19N3O5S2/c1-2-29-16-7-5-15(6-8-16)24-21-20(31-22(26)25-21)13-17-9-12-19(30-17)14-3-10-18(11-4-14)32(23,27)28/h3-13H,2H2,1H3,(H2,23,27,28)(H,24,25,26)/b20-13-. The van der Waals surface area contributed by atoms with Crippen molar-refractivity contribution in [1.29, 1.82) is 0 Å². The third kappa shape index (κ3) is 5.10. The Kier molecular flexibility index (Phi) is 6.17. The summed E-state index contributed by atoms with van der Waals surface area (Å²) < 4.78 is 34.1. The van der Waals surface area contributed by atoms with Gasteiger partial charge < -0.3 is 14.5 Å². The number of hydrogen-bond donors (Lipinski definition) is 2. The number of furan rings is 1. The number of rotatable bonds is 6. The van der Waals surface area contributed by atoms with Crippen molar-refractivity contribution in [2.45, 2.75) is 11.8 Å². The van der Waals surface area contributed by atoms with Crippen LogP contribution < -0.4 is 15.2 Å². The summed E-state index contributed by atoms with van der Waals surface area (Å²) in [7, 11) is -3.76. The van der Waals surface area contributed by atoms with E-state index in [9.17, 15) is 13.2 Å². The van der Waals surface area contributed by atoms with Gasteiger partial charge in [0.05, 0.1) is 22.1 Å². The molecule has 32 heavy (non-hydrogen) atoms. The van der Waals surface area contributed by atoms with Gasteiger partial charge in [0.1, 0.15) is 23.1 Å². The van der Waals surface area contributed by atoms with Gasteiger partial charge in [-0.2, -0.15) is 0 Å². The Morgan fingerprint density at radius 3 is 2.47 bits per heavy atom. The highest BCUT2D eigenvalue weighted by molar-refractivity contribution is 8.18. The molecule has 1 fully saturated rings. The van der Waals surface area contributed by atoms with Crippen molar-refractivity contribution in [3.05, 3.63) is 71.3 Å². The number of carbonyl (C=O) groups is 1. The monoisotopic (exact) mass is 469 g/mol. The molecule has 0 unspecified atom stereocenters. The molecule has 0 radical (unpaired) electrons. The quantitative estimate of drug-likeness (QED) is 0.547. The van der Waals surface area contributed by atoms with Crippen molar-refractivity contribution in [2.75, 3.05) is 6.61 Å². The highest BCUT2D eigenvalue weighted by Gasteiger charge is 2.24. The number of sulfonamides is 1. The van der Waals surface area contributed by atoms with Crippen LogP contribution in [0.3, 0.4) is 0 Å². The van der Waals surface area contributed by atoms with E-state index in [2.05, 4.69) is 10.3 Å². The molecule has 1 aliphatic heterocycles. The van der Waals surface area contributed by atoms with Crippen molar-refractivity contribution < 1.29 is 22.4 Å². The zero-order valence-corrected chi connectivity index (χ0v) is 18.6. The average molecular weight is 470 g/mol. The second kappa shape index (κ2) is 9.03. The summed E-state index contributed by atoms with van der Waals surface area (Å²) in [4.78, 5) is 17.1. The minimum atomic E-state index is -3.76. The molecule has 1 saturated heterocycles. The summed E-state index contributed by atoms with van der Waals surface area (Å²) in [6.07, 6.45) is 1.72. The Hall–Kier alpha value is -3.34. The zero-order chi connectivity index (χ0) is 22.7. The smallest absolute Gasteiger partial charge is 0.289 e. The second-order valence-electron chi connectivity index (χ2n) is 6.68. The van der Waals surface area contributed by atoms with Crippen LogP contribution in [0.1, 0.15) is 12.7 Å². The summed E-state index contributed by atoms with van der Waals surface area (Å²) in [6.45, 7) is 2.49. The normalized spacial score (nSPS) is 16.5. The molecule has 0 atom stereocenters. The van der Waals surface area contributed by atoms with E-state index in [0.717, 1.165) is 17.5 Å². The van der Waals surface area contributed by atoms with Gasteiger partial charge >= 0.3 is 0 Å². The molecule has 2 aromatic carbocycles. The number of primary sulfonamides is 1. The van der Waals surface area contributed by atoms with E-state index in [1.807, 2.05) is 19.1 Å². The first-order valence-electron chi connectivity index (χ1n) is 9.57. The van der Waals surface area contributed by atoms with E-state index < -0.39 is 10.0 Å². The lowest BCUT2D eigenvalue weighted by atomic mass is 10.2. The predicted octanol–water partition coefficient (Wildman–Crippen LogP) is 4.52. The van der Waals surface area contributed by atoms with E-state index in [1.54, 1.807) is 42.5 Å². The molecule has 1 aromatic heterocycles. The summed E-state index contributed by atoms with van der Waals surface area (Å²) >= 11 is 1.02. The molecular formula is C22H19N3O5S2. The Morgan fingerprint density at radius 1 is 1.09 bits per heavy atom. The number of nitrogens with zero attached hydrogens (tertiary/aromatic N) is 1. The summed E-state index contributed by atoms with van der Waals surface area (Å²) in [5.41, 5.74) is 1.37. The number of amidine groups is 1. The maximum Gasteiger partial charge on any atom is 0.289 e. The van der Waals surface area contributed by atoms with E-state index >= 15 is 0 Å². The molecule has 2 heterocycles. The molecule has 164 valence electrons. The lowest BCUT2D eigenvalue weighted by molar-refractivity contribution is 0.265. The van der Waals surface area contributed by atoms with Gasteiger partial charge in [0.2, 0.25) is 10.0 Å². The Morgan fingerprint density at radius 2 is 1.81 bits per heavy atom. The first-order chi connectivity index (χ1) is 15.3. The lowest BCUT2D eigenvalue weighted by Gasteiger charge is -2.03. The predicted molar refractivity (Wildman–Crippen MR) is 124 cm³/mol. The molecule has 4 rings (SSSR count). The van der Waals surface area contributed by atoms with Crippen LogP contribution in [0.2, 0.25) is 0 Å². The van der Waals surface area contributed by atoms with Crippen molar-refractivity contribution in [3.63, 3.8) is 0 Å². The molecule has 3 N–H and O–H groups in total. The van der Waals surface area contributed by atoms with E-state index in [-0.39, 0.29) is 10.1 Å². The zero-order valence-electron chi connectivity index (χ0n) is 16.9. The number of amides is 1. The Bertz CT molecular complexity index is 1310. The Labute approximate surface area is 189 Å². The molecule has 0 bridgehead atoms. The van der Waals surface area contributed by atoms with Gasteiger partial charge in [-0.25, -0.2) is 18.5 Å². The van der Waals surface area contributed by atoms with Gasteiger partial charge in [0.25, 0.3) is 5.24 Å². The second-order valence-corrected chi connectivity index (χ2v) is 9.26. The SMILES string of the molecule is CCOc1ccc(N=C2NC(=O)S/C2=C\c2ccc(-c3ccc(S(N)(=O)=O)cc3)o2)cc1. The molecule has 10 heteroatoms. The van der Waals surface area contributed by atoms with E-state index in [4.69, 9.17) is 14.3 Å². The van der Waals surface area contributed by atoms with Crippen LogP contribution in [0, 0.1) is 0 Å². The first kappa shape index (κ1) is 21.9. The highest BCUT2D eigenvalue weighted by Crippen LogP contribution is 2.31. The van der Waals surface area contributed by atoms with Crippen molar-refractivity contribution in [2.24, 2.45) is 10.1 Å². The number of carbonyl (C=O) groups excluding carboxylic acids is 1. The Balaban J connectivity index is 1.57. The van der Waals surface area contributed by atoms with Gasteiger partial charge in [0, 0.05) is 5.56 Å². The molecule has 8 nitrogen and oxygen atoms in total. The largest absolute Gasteiger partial charge is 0.494 e. The number of aliphatic imine (C=N–C) groups is 1. The van der Waals surface area contributed by atoms with Crippen molar-refractivity contribution in [1.82, 2.24) is 5.32 Å². The van der Waals surface area contributed by atoms with Crippen LogP contribution in [0.5, 0.6) is 5.75 Å². The topological polar surface area (TPSA) is 124 Å². The fourth-order valence-corrected chi connectivity index (χ4v) is 4.18. The van der Waals surface area contributed by atoms with Crippen LogP contribution >= 0.6 is 11.8 Å². The molecule has 1 aliphatic rings. The summed E-state index contributed by atoms with van der Waals surface area (Å²) in [5.74, 6) is 2.25. The minimum absolute atomic E-state index is 0.0252. The number of hydrogen-bond acceptors (Lipinski definition) is 7. The van der Waals surface area contributed by atoms with Gasteiger partial charge in [-0.15, -0.1) is 0 Å². The third-order valence-corrected chi connectivity index (χ3v) is 6.16. The fourth-order valence-electron chi connectivity index (χ4n) is 2.95. The number of nitrogens with one attached hydrogen (secondary N) is 1. The third-order valence-electron chi connectivity index (χ3n) is 4.41. The van der Waals surface area contributed by atoms with Crippen LogP contribution in [0.15, 0.2) is 79.9 Å². The fraction of sp³-hybridized carbons (Fsp3) is 0.0909. The molecule has 0 spiro atoms. The average Bonchev–Trinajstić information content (AvgIpc) is 3.36. The maximum atomic E-state index is 11.9. The van der Waals surface area contributed by atoms with Crippen molar-refractivity contribution in [3.8, 4) is 17.1 Å². The first-order valence-corrected chi connectivity index (χ1v) is 11.9. The van der Waals surface area contributed by atoms with Gasteiger partial charge in [-0.05, 0) is 85.4 Å². The van der Waals surface area contributed by atoms with Crippen LogP contribution in [-0.4, -0.2) is 26.1 Å². The molecule has 3 aromatic rings. The highest BCUT2D eigenvalue weighted by atomic mass is 32.2. The van der Waals surface area contributed by atoms with Gasteiger partial charge in [-0.1, -0.05) is 0 Å². The van der Waals surface area contributed by atoms with E-state index in [0.29, 0.717) is 40.1 Å². The minimum Gasteiger partial charge on any atom is -0.494 e. The van der Waals surface area contributed by atoms with Crippen LogP contribution in [-0.2, 0) is 10.0 Å².